The fraction of sp³-hybridized carbons (Fsp3) is 0.444. The van der Waals surface area contributed by atoms with E-state index in [-0.39, 0.29) is 6.04 Å². The number of likely N-dealkylation sites (tertiary alicyclic amines) is 1. The summed E-state index contributed by atoms with van der Waals surface area (Å²) in [6.45, 7) is 2.22. The number of amides is 2. The van der Waals surface area contributed by atoms with Crippen molar-refractivity contribution < 1.29 is 14.0 Å². The lowest BCUT2D eigenvalue weighted by Gasteiger charge is -2.35. The highest BCUT2D eigenvalue weighted by atomic mass is 19.1. The van der Waals surface area contributed by atoms with Crippen LogP contribution in [0.4, 0.5) is 4.39 Å². The van der Waals surface area contributed by atoms with Crippen molar-refractivity contribution in [1.82, 2.24) is 25.0 Å². The van der Waals surface area contributed by atoms with E-state index in [0.29, 0.717) is 12.1 Å². The van der Waals surface area contributed by atoms with Crippen LogP contribution in [0.5, 0.6) is 0 Å². The summed E-state index contributed by atoms with van der Waals surface area (Å²) in [7, 11) is 1.82. The third-order valence-corrected chi connectivity index (χ3v) is 4.64. The van der Waals surface area contributed by atoms with Crippen LogP contribution in [0.2, 0.25) is 0 Å². The number of aromatic nitrogens is 3. The van der Waals surface area contributed by atoms with E-state index in [1.54, 1.807) is 22.7 Å². The summed E-state index contributed by atoms with van der Waals surface area (Å²) >= 11 is 0. The zero-order valence-electron chi connectivity index (χ0n) is 14.9. The number of hydrogen-bond donors (Lipinski definition) is 1. The molecule has 7 nitrogen and oxygen atoms in total. The molecule has 1 saturated heterocycles. The minimum absolute atomic E-state index is 0.151. The van der Waals surface area contributed by atoms with Gasteiger partial charge in [-0.1, -0.05) is 0 Å². The summed E-state index contributed by atoms with van der Waals surface area (Å²) in [5, 5.41) is 6.80. The average Bonchev–Trinajstić information content (AvgIpc) is 3.07. The van der Waals surface area contributed by atoms with Crippen molar-refractivity contribution in [3.63, 3.8) is 0 Å². The van der Waals surface area contributed by atoms with Gasteiger partial charge in [0.25, 0.3) is 0 Å². The van der Waals surface area contributed by atoms with E-state index < -0.39 is 23.7 Å². The predicted molar refractivity (Wildman–Crippen MR) is 92.3 cm³/mol. The molecule has 138 valence electrons. The van der Waals surface area contributed by atoms with Crippen molar-refractivity contribution in [2.45, 2.75) is 38.3 Å². The molecule has 2 aromatic rings. The number of pyridine rings is 1. The first kappa shape index (κ1) is 18.0. The lowest BCUT2D eigenvalue weighted by molar-refractivity contribution is -0.148. The number of rotatable bonds is 3. The Morgan fingerprint density at radius 2 is 2.12 bits per heavy atom. The molecule has 0 saturated carbocycles. The Morgan fingerprint density at radius 3 is 2.81 bits per heavy atom. The summed E-state index contributed by atoms with van der Waals surface area (Å²) in [6.07, 6.45) is 8.82. The summed E-state index contributed by atoms with van der Waals surface area (Å²) in [5.74, 6) is -1.75. The second-order valence-corrected chi connectivity index (χ2v) is 6.59. The third kappa shape index (κ3) is 3.89. The first-order valence-electron chi connectivity index (χ1n) is 8.66. The van der Waals surface area contributed by atoms with Crippen LogP contribution in [0.1, 0.15) is 49.4 Å². The second-order valence-electron chi connectivity index (χ2n) is 6.59. The van der Waals surface area contributed by atoms with Gasteiger partial charge in [0.2, 0.25) is 0 Å². The molecule has 2 unspecified atom stereocenters. The molecular formula is C18H22FN5O2. The van der Waals surface area contributed by atoms with Crippen LogP contribution in [0, 0.1) is 5.82 Å². The highest BCUT2D eigenvalue weighted by molar-refractivity contribution is 6.35. The van der Waals surface area contributed by atoms with E-state index in [0.717, 1.165) is 31.0 Å². The van der Waals surface area contributed by atoms with Crippen LogP contribution in [0.15, 0.2) is 30.9 Å². The van der Waals surface area contributed by atoms with Gasteiger partial charge in [0.15, 0.2) is 0 Å². The summed E-state index contributed by atoms with van der Waals surface area (Å²) in [6, 6.07) is 0.625. The molecule has 2 amide bonds. The monoisotopic (exact) mass is 359 g/mol. The minimum Gasteiger partial charge on any atom is -0.341 e. The molecule has 1 aliphatic heterocycles. The Labute approximate surface area is 151 Å². The first-order chi connectivity index (χ1) is 12.5. The van der Waals surface area contributed by atoms with Gasteiger partial charge in [0.1, 0.15) is 5.82 Å². The van der Waals surface area contributed by atoms with Gasteiger partial charge < -0.3 is 10.2 Å². The number of aryl methyl sites for hydroxylation is 1. The van der Waals surface area contributed by atoms with Crippen molar-refractivity contribution in [3.05, 3.63) is 47.8 Å². The van der Waals surface area contributed by atoms with Gasteiger partial charge in [-0.25, -0.2) is 4.39 Å². The van der Waals surface area contributed by atoms with E-state index in [4.69, 9.17) is 0 Å². The quantitative estimate of drug-likeness (QED) is 0.849. The number of piperidine rings is 1. The van der Waals surface area contributed by atoms with Gasteiger partial charge in [-0.3, -0.25) is 19.3 Å². The lowest BCUT2D eigenvalue weighted by atomic mass is 9.97. The number of carbonyl (C=O) groups excluding carboxylic acids is 2. The average molecular weight is 359 g/mol. The Balaban J connectivity index is 1.71. The van der Waals surface area contributed by atoms with Crippen molar-refractivity contribution in [2.24, 2.45) is 7.05 Å². The molecule has 0 radical (unpaired) electrons. The van der Waals surface area contributed by atoms with Crippen LogP contribution in [-0.2, 0) is 16.6 Å². The van der Waals surface area contributed by atoms with Gasteiger partial charge in [0.05, 0.1) is 24.5 Å². The molecule has 0 spiro atoms. The molecule has 2 atom stereocenters. The molecule has 2 aromatic heterocycles. The number of carbonyl (C=O) groups is 2. The molecule has 26 heavy (non-hydrogen) atoms. The molecular weight excluding hydrogens is 337 g/mol. The van der Waals surface area contributed by atoms with Gasteiger partial charge in [0, 0.05) is 31.5 Å². The fourth-order valence-corrected chi connectivity index (χ4v) is 3.27. The van der Waals surface area contributed by atoms with Crippen molar-refractivity contribution in [3.8, 4) is 0 Å². The van der Waals surface area contributed by atoms with Crippen molar-refractivity contribution >= 4 is 11.8 Å². The minimum atomic E-state index is -0.697. The third-order valence-electron chi connectivity index (χ3n) is 4.64. The Hall–Kier alpha value is -2.77. The number of halogens is 1. The molecule has 0 aromatic carbocycles. The molecule has 1 N–H and O–H groups in total. The molecule has 1 fully saturated rings. The normalized spacial score (nSPS) is 18.4. The molecule has 0 bridgehead atoms. The van der Waals surface area contributed by atoms with Gasteiger partial charge in [-0.05, 0) is 37.8 Å². The van der Waals surface area contributed by atoms with Gasteiger partial charge >= 0.3 is 11.8 Å². The highest BCUT2D eigenvalue weighted by Gasteiger charge is 2.32. The van der Waals surface area contributed by atoms with E-state index in [1.807, 2.05) is 13.2 Å². The molecule has 8 heteroatoms. The van der Waals surface area contributed by atoms with Crippen LogP contribution >= 0.6 is 0 Å². The highest BCUT2D eigenvalue weighted by Crippen LogP contribution is 2.30. The maximum atomic E-state index is 13.3. The molecule has 3 heterocycles. The second kappa shape index (κ2) is 7.63. The van der Waals surface area contributed by atoms with Crippen LogP contribution in [0.25, 0.3) is 0 Å². The van der Waals surface area contributed by atoms with E-state index in [2.05, 4.69) is 15.4 Å². The molecule has 1 aliphatic rings. The summed E-state index contributed by atoms with van der Waals surface area (Å²) in [4.78, 5) is 30.5. The number of nitrogens with zero attached hydrogens (tertiary/aromatic N) is 4. The largest absolute Gasteiger partial charge is 0.341 e. The SMILES string of the molecule is CC(NC(=O)C(=O)N1CCCCC1c1cnn(C)c1)c1cncc(F)c1. The summed E-state index contributed by atoms with van der Waals surface area (Å²) < 4.78 is 15.0. The fourth-order valence-electron chi connectivity index (χ4n) is 3.27. The van der Waals surface area contributed by atoms with Crippen molar-refractivity contribution in [2.75, 3.05) is 6.54 Å². The Morgan fingerprint density at radius 1 is 1.31 bits per heavy atom. The maximum Gasteiger partial charge on any atom is 0.312 e. The number of nitrogens with one attached hydrogen (secondary N) is 1. The zero-order chi connectivity index (χ0) is 18.7. The van der Waals surface area contributed by atoms with Crippen molar-refractivity contribution in [1.29, 1.82) is 0 Å². The predicted octanol–water partition coefficient (Wildman–Crippen LogP) is 1.89. The van der Waals surface area contributed by atoms with E-state index >= 15 is 0 Å². The standard InChI is InChI=1S/C18H22FN5O2/c1-12(13-7-15(19)10-20-8-13)22-17(25)18(26)24-6-4-3-5-16(24)14-9-21-23(2)11-14/h7-12,16H,3-6H2,1-2H3,(H,22,25). The van der Waals surface area contributed by atoms with Crippen LogP contribution < -0.4 is 5.32 Å². The van der Waals surface area contributed by atoms with E-state index in [1.165, 1.54) is 12.3 Å². The van der Waals surface area contributed by atoms with Crippen LogP contribution in [-0.4, -0.2) is 38.0 Å². The van der Waals surface area contributed by atoms with Crippen LogP contribution in [0.3, 0.4) is 0 Å². The van der Waals surface area contributed by atoms with Gasteiger partial charge in [-0.15, -0.1) is 0 Å². The summed E-state index contributed by atoms with van der Waals surface area (Å²) in [5.41, 5.74) is 1.43. The first-order valence-corrected chi connectivity index (χ1v) is 8.66. The molecule has 0 aliphatic carbocycles. The van der Waals surface area contributed by atoms with Gasteiger partial charge in [-0.2, -0.15) is 5.10 Å². The maximum absolute atomic E-state index is 13.3. The molecule has 3 rings (SSSR count). The smallest absolute Gasteiger partial charge is 0.312 e. The zero-order valence-corrected chi connectivity index (χ0v) is 14.9. The Kier molecular flexibility index (Phi) is 5.29. The Bertz CT molecular complexity index is 806. The number of hydrogen-bond acceptors (Lipinski definition) is 4. The lowest BCUT2D eigenvalue weighted by Crippen LogP contribution is -2.47. The topological polar surface area (TPSA) is 80.1 Å². The van der Waals surface area contributed by atoms with E-state index in [9.17, 15) is 14.0 Å².